The molecule has 0 N–H and O–H groups in total. The van der Waals surface area contributed by atoms with Crippen LogP contribution in [-0.2, 0) is 0 Å². The van der Waals surface area contributed by atoms with Gasteiger partial charge in [-0.1, -0.05) is 84.4 Å². The van der Waals surface area contributed by atoms with Crippen LogP contribution in [0.4, 0.5) is 0 Å². The highest BCUT2D eigenvalue weighted by atomic mass is 32.1. The van der Waals surface area contributed by atoms with E-state index < -0.39 is 0 Å². The number of aromatic nitrogens is 3. The number of fused-ring (bicyclic) bond motifs is 6. The molecule has 8 aromatic rings. The minimum absolute atomic E-state index is 0.630. The van der Waals surface area contributed by atoms with E-state index in [2.05, 4.69) is 67.6 Å². The molecule has 0 aliphatic carbocycles. The Balaban J connectivity index is 1.39. The molecule has 3 aromatic heterocycles. The Morgan fingerprint density at radius 1 is 0.538 bits per heavy atom. The second-order valence-corrected chi connectivity index (χ2v) is 10.8. The smallest absolute Gasteiger partial charge is 0.164 e. The maximum Gasteiger partial charge on any atom is 0.164 e. The van der Waals surface area contributed by atoms with Gasteiger partial charge in [0, 0.05) is 47.6 Å². The Labute approximate surface area is 228 Å². The van der Waals surface area contributed by atoms with Crippen molar-refractivity contribution in [2.75, 3.05) is 0 Å². The van der Waals surface area contributed by atoms with Crippen LogP contribution in [0.25, 0.3) is 76.3 Å². The minimum atomic E-state index is 0.630. The molecule has 5 heteroatoms. The van der Waals surface area contributed by atoms with Gasteiger partial charge in [-0.2, -0.15) is 0 Å². The van der Waals surface area contributed by atoms with Gasteiger partial charge in [-0.25, -0.2) is 15.0 Å². The SMILES string of the molecule is Cc1ccc2oc3cccc(-c4nc(-c5ccccc5)nc(-c5ccc6c(c5)sc5ccccc56)n4)c3c2c1. The third-order valence-electron chi connectivity index (χ3n) is 7.20. The maximum absolute atomic E-state index is 6.21. The Bertz CT molecular complexity index is 2190. The molecule has 0 amide bonds. The summed E-state index contributed by atoms with van der Waals surface area (Å²) >= 11 is 1.79. The summed E-state index contributed by atoms with van der Waals surface area (Å²) in [5.74, 6) is 1.93. The van der Waals surface area contributed by atoms with Gasteiger partial charge in [-0.3, -0.25) is 0 Å². The Kier molecular flexibility index (Phi) is 4.87. The summed E-state index contributed by atoms with van der Waals surface area (Å²) in [6.45, 7) is 2.10. The summed E-state index contributed by atoms with van der Waals surface area (Å²) in [6.07, 6.45) is 0. The van der Waals surface area contributed by atoms with E-state index in [1.165, 1.54) is 25.7 Å². The van der Waals surface area contributed by atoms with E-state index in [9.17, 15) is 0 Å². The summed E-state index contributed by atoms with van der Waals surface area (Å²) in [5, 5.41) is 4.61. The van der Waals surface area contributed by atoms with Crippen LogP contribution in [0.15, 0.2) is 114 Å². The van der Waals surface area contributed by atoms with Gasteiger partial charge in [0.15, 0.2) is 17.5 Å². The fourth-order valence-electron chi connectivity index (χ4n) is 5.33. The monoisotopic (exact) mass is 519 g/mol. The third kappa shape index (κ3) is 3.62. The lowest BCUT2D eigenvalue weighted by Crippen LogP contribution is -2.00. The number of nitrogens with zero attached hydrogens (tertiary/aromatic N) is 3. The van der Waals surface area contributed by atoms with Crippen LogP contribution >= 0.6 is 11.3 Å². The first-order chi connectivity index (χ1) is 19.2. The van der Waals surface area contributed by atoms with Gasteiger partial charge < -0.3 is 4.42 Å². The predicted octanol–water partition coefficient (Wildman–Crippen LogP) is 9.45. The quantitative estimate of drug-likeness (QED) is 0.233. The minimum Gasteiger partial charge on any atom is -0.456 e. The van der Waals surface area contributed by atoms with Crippen molar-refractivity contribution in [3.63, 3.8) is 0 Å². The lowest BCUT2D eigenvalue weighted by Gasteiger charge is -2.09. The molecular formula is C34H21N3OS. The lowest BCUT2D eigenvalue weighted by atomic mass is 10.0. The van der Waals surface area contributed by atoms with Gasteiger partial charge in [0.25, 0.3) is 0 Å². The fraction of sp³-hybridized carbons (Fsp3) is 0.0294. The zero-order valence-electron chi connectivity index (χ0n) is 21.1. The summed E-state index contributed by atoms with van der Waals surface area (Å²) in [7, 11) is 0. The average Bonchev–Trinajstić information content (AvgIpc) is 3.55. The number of hydrogen-bond donors (Lipinski definition) is 0. The summed E-state index contributed by atoms with van der Waals surface area (Å²) in [6, 6.07) is 37.5. The van der Waals surface area contributed by atoms with E-state index in [0.29, 0.717) is 17.5 Å². The second-order valence-electron chi connectivity index (χ2n) is 9.76. The highest BCUT2D eigenvalue weighted by molar-refractivity contribution is 7.25. The largest absolute Gasteiger partial charge is 0.456 e. The molecule has 3 heterocycles. The molecule has 8 rings (SSSR count). The van der Waals surface area contributed by atoms with Gasteiger partial charge in [0.05, 0.1) is 0 Å². The van der Waals surface area contributed by atoms with Crippen molar-refractivity contribution < 1.29 is 4.42 Å². The Morgan fingerprint density at radius 3 is 2.21 bits per heavy atom. The van der Waals surface area contributed by atoms with Gasteiger partial charge in [-0.05, 0) is 37.3 Å². The molecule has 0 aliphatic rings. The Hall–Kier alpha value is -4.87. The molecule has 0 fully saturated rings. The van der Waals surface area contributed by atoms with E-state index in [-0.39, 0.29) is 0 Å². The number of rotatable bonds is 3. The number of benzene rings is 5. The fourth-order valence-corrected chi connectivity index (χ4v) is 6.48. The highest BCUT2D eigenvalue weighted by Gasteiger charge is 2.18. The van der Waals surface area contributed by atoms with Crippen LogP contribution in [0.2, 0.25) is 0 Å². The highest BCUT2D eigenvalue weighted by Crippen LogP contribution is 2.38. The van der Waals surface area contributed by atoms with Crippen molar-refractivity contribution in [1.29, 1.82) is 0 Å². The molecule has 0 saturated heterocycles. The van der Waals surface area contributed by atoms with Crippen molar-refractivity contribution >= 4 is 53.4 Å². The van der Waals surface area contributed by atoms with Crippen molar-refractivity contribution in [1.82, 2.24) is 15.0 Å². The summed E-state index contributed by atoms with van der Waals surface area (Å²) in [5.41, 5.74) is 5.71. The average molecular weight is 520 g/mol. The first-order valence-electron chi connectivity index (χ1n) is 12.9. The molecule has 0 bridgehead atoms. The van der Waals surface area contributed by atoms with Gasteiger partial charge in [0.1, 0.15) is 11.2 Å². The van der Waals surface area contributed by atoms with Gasteiger partial charge >= 0.3 is 0 Å². The number of furan rings is 1. The molecule has 0 aliphatic heterocycles. The number of hydrogen-bond acceptors (Lipinski definition) is 5. The summed E-state index contributed by atoms with van der Waals surface area (Å²) < 4.78 is 8.70. The first kappa shape index (κ1) is 22.1. The van der Waals surface area contributed by atoms with Crippen molar-refractivity contribution in [2.45, 2.75) is 6.92 Å². The van der Waals surface area contributed by atoms with Crippen LogP contribution in [0, 0.1) is 6.92 Å². The van der Waals surface area contributed by atoms with Gasteiger partial charge in [0.2, 0.25) is 0 Å². The van der Waals surface area contributed by atoms with Crippen LogP contribution in [-0.4, -0.2) is 15.0 Å². The molecule has 0 saturated carbocycles. The first-order valence-corrected chi connectivity index (χ1v) is 13.7. The molecule has 184 valence electrons. The van der Waals surface area contributed by atoms with E-state index in [0.717, 1.165) is 38.6 Å². The van der Waals surface area contributed by atoms with E-state index in [1.54, 1.807) is 11.3 Å². The number of aryl methyl sites for hydroxylation is 1. The van der Waals surface area contributed by atoms with Crippen LogP contribution in [0.3, 0.4) is 0 Å². The zero-order chi connectivity index (χ0) is 25.9. The van der Waals surface area contributed by atoms with Crippen LogP contribution < -0.4 is 0 Å². The maximum atomic E-state index is 6.21. The molecule has 39 heavy (non-hydrogen) atoms. The van der Waals surface area contributed by atoms with Crippen LogP contribution in [0.1, 0.15) is 5.56 Å². The molecule has 0 radical (unpaired) electrons. The topological polar surface area (TPSA) is 51.8 Å². The van der Waals surface area contributed by atoms with Crippen LogP contribution in [0.5, 0.6) is 0 Å². The predicted molar refractivity (Wildman–Crippen MR) is 161 cm³/mol. The molecule has 4 nitrogen and oxygen atoms in total. The molecule has 0 spiro atoms. The molecule has 0 unspecified atom stereocenters. The van der Waals surface area contributed by atoms with Gasteiger partial charge in [-0.15, -0.1) is 11.3 Å². The standard InChI is InChI=1S/C34H21N3OS/c1-20-14-17-27-26(18-20)31-25(11-7-12-28(31)38-27)34-36-32(21-8-3-2-4-9-21)35-33(37-34)22-15-16-24-23-10-5-6-13-29(23)39-30(24)19-22/h2-19H,1H3. The summed E-state index contributed by atoms with van der Waals surface area (Å²) in [4.78, 5) is 15.0. The Morgan fingerprint density at radius 2 is 1.31 bits per heavy atom. The molecule has 0 atom stereocenters. The second kappa shape index (κ2) is 8.58. The van der Waals surface area contributed by atoms with Crippen molar-refractivity contribution in [3.05, 3.63) is 115 Å². The number of thiophene rings is 1. The molecule has 5 aromatic carbocycles. The lowest BCUT2D eigenvalue weighted by molar-refractivity contribution is 0.669. The normalized spacial score (nSPS) is 11.7. The third-order valence-corrected chi connectivity index (χ3v) is 8.33. The van der Waals surface area contributed by atoms with E-state index in [4.69, 9.17) is 19.4 Å². The zero-order valence-corrected chi connectivity index (χ0v) is 21.9. The van der Waals surface area contributed by atoms with Crippen molar-refractivity contribution in [2.24, 2.45) is 0 Å². The van der Waals surface area contributed by atoms with Crippen molar-refractivity contribution in [3.8, 4) is 34.2 Å². The van der Waals surface area contributed by atoms with E-state index >= 15 is 0 Å². The van der Waals surface area contributed by atoms with E-state index in [1.807, 2.05) is 48.5 Å². The molecular weight excluding hydrogens is 498 g/mol.